The molecule has 3 heteroatoms. The van der Waals surface area contributed by atoms with Gasteiger partial charge in [0.2, 0.25) is 0 Å². The first-order valence-corrected chi connectivity index (χ1v) is 5.81. The second-order valence-electron chi connectivity index (χ2n) is 4.67. The lowest BCUT2D eigenvalue weighted by molar-refractivity contribution is 0.218. The number of hydrogen-bond acceptors (Lipinski definition) is 3. The topological polar surface area (TPSA) is 60.7 Å². The number of hydrogen-bond donors (Lipinski definition) is 3. The maximum atomic E-state index is 10.1. The zero-order valence-corrected chi connectivity index (χ0v) is 10.4. The highest BCUT2D eigenvalue weighted by atomic mass is 16.3. The molecule has 0 saturated heterocycles. The number of rotatable bonds is 2. The van der Waals surface area contributed by atoms with Gasteiger partial charge in [0.05, 0.1) is 0 Å². The van der Waals surface area contributed by atoms with Crippen molar-refractivity contribution in [3.8, 4) is 5.75 Å². The molecule has 0 fully saturated rings. The van der Waals surface area contributed by atoms with Gasteiger partial charge < -0.3 is 15.3 Å². The number of aliphatic hydroxyl groups excluding tert-OH is 2. The summed E-state index contributed by atoms with van der Waals surface area (Å²) in [7, 11) is 0. The van der Waals surface area contributed by atoms with E-state index in [0.717, 1.165) is 33.4 Å². The molecular formula is C14H18O3. The highest BCUT2D eigenvalue weighted by molar-refractivity contribution is 5.74. The van der Waals surface area contributed by atoms with Gasteiger partial charge in [-0.05, 0) is 61.1 Å². The van der Waals surface area contributed by atoms with E-state index in [4.69, 9.17) is 5.11 Å². The van der Waals surface area contributed by atoms with Gasteiger partial charge in [-0.1, -0.05) is 0 Å². The predicted octanol–water partition coefficient (Wildman–Crippen LogP) is 1.99. The van der Waals surface area contributed by atoms with E-state index in [0.29, 0.717) is 6.42 Å². The van der Waals surface area contributed by atoms with Crippen molar-refractivity contribution in [1.82, 2.24) is 0 Å². The van der Waals surface area contributed by atoms with E-state index in [1.54, 1.807) is 0 Å². The van der Waals surface area contributed by atoms with Crippen LogP contribution in [0.4, 0.5) is 0 Å². The second-order valence-corrected chi connectivity index (χ2v) is 4.67. The van der Waals surface area contributed by atoms with Crippen LogP contribution in [0.15, 0.2) is 5.57 Å². The van der Waals surface area contributed by atoms with Crippen LogP contribution in [-0.2, 0) is 6.42 Å². The van der Waals surface area contributed by atoms with Crippen molar-refractivity contribution in [1.29, 1.82) is 0 Å². The smallest absolute Gasteiger partial charge is 0.126 e. The Labute approximate surface area is 101 Å². The van der Waals surface area contributed by atoms with Gasteiger partial charge in [0, 0.05) is 12.2 Å². The third-order valence-electron chi connectivity index (χ3n) is 3.65. The van der Waals surface area contributed by atoms with Gasteiger partial charge in [-0.3, -0.25) is 0 Å². The van der Waals surface area contributed by atoms with Crippen molar-refractivity contribution in [2.24, 2.45) is 0 Å². The summed E-state index contributed by atoms with van der Waals surface area (Å²) in [6, 6.07) is 0. The number of aromatic hydroxyl groups is 1. The Bertz CT molecular complexity index is 501. The summed E-state index contributed by atoms with van der Waals surface area (Å²) < 4.78 is 0. The van der Waals surface area contributed by atoms with Gasteiger partial charge in [-0.15, -0.1) is 0 Å². The molecule has 0 amide bonds. The molecule has 0 aliphatic heterocycles. The quantitative estimate of drug-likeness (QED) is 0.733. The lowest BCUT2D eigenvalue weighted by Crippen LogP contribution is -2.06. The summed E-state index contributed by atoms with van der Waals surface area (Å²) in [5.41, 5.74) is 5.07. The van der Waals surface area contributed by atoms with Crippen molar-refractivity contribution in [3.05, 3.63) is 33.4 Å². The van der Waals surface area contributed by atoms with E-state index in [-0.39, 0.29) is 12.4 Å². The third kappa shape index (κ3) is 1.66. The molecule has 92 valence electrons. The molecule has 0 saturated carbocycles. The summed E-state index contributed by atoms with van der Waals surface area (Å²) in [5, 5.41) is 29.3. The van der Waals surface area contributed by atoms with E-state index in [1.807, 2.05) is 26.8 Å². The van der Waals surface area contributed by atoms with Crippen LogP contribution in [0.1, 0.15) is 40.8 Å². The first-order valence-electron chi connectivity index (χ1n) is 5.81. The Morgan fingerprint density at radius 3 is 2.41 bits per heavy atom. The highest BCUT2D eigenvalue weighted by Crippen LogP contribution is 2.44. The fraction of sp³-hybridized carbons (Fsp3) is 0.429. The Morgan fingerprint density at radius 1 is 1.18 bits per heavy atom. The summed E-state index contributed by atoms with van der Waals surface area (Å²) >= 11 is 0. The van der Waals surface area contributed by atoms with Gasteiger partial charge >= 0.3 is 0 Å². The Hall–Kier alpha value is -1.32. The predicted molar refractivity (Wildman–Crippen MR) is 67.0 cm³/mol. The number of aliphatic hydroxyl groups is 2. The van der Waals surface area contributed by atoms with E-state index >= 15 is 0 Å². The maximum Gasteiger partial charge on any atom is 0.126 e. The molecule has 0 bridgehead atoms. The van der Waals surface area contributed by atoms with Crippen molar-refractivity contribution >= 4 is 6.08 Å². The molecule has 3 nitrogen and oxygen atoms in total. The van der Waals surface area contributed by atoms with Crippen molar-refractivity contribution < 1.29 is 15.3 Å². The molecule has 0 heterocycles. The second kappa shape index (κ2) is 4.17. The van der Waals surface area contributed by atoms with Crippen LogP contribution in [0.5, 0.6) is 5.75 Å². The van der Waals surface area contributed by atoms with Crippen LogP contribution in [0.3, 0.4) is 0 Å². The molecule has 1 aromatic rings. The van der Waals surface area contributed by atoms with Crippen LogP contribution >= 0.6 is 0 Å². The molecule has 0 aromatic heterocycles. The average molecular weight is 234 g/mol. The molecule has 1 aliphatic carbocycles. The first kappa shape index (κ1) is 12.1. The van der Waals surface area contributed by atoms with Crippen LogP contribution in [0.2, 0.25) is 0 Å². The lowest BCUT2D eigenvalue weighted by Gasteiger charge is -2.18. The zero-order chi connectivity index (χ0) is 12.7. The minimum absolute atomic E-state index is 0.0441. The number of benzene rings is 1. The molecular weight excluding hydrogens is 216 g/mol. The first-order chi connectivity index (χ1) is 7.99. The van der Waals surface area contributed by atoms with E-state index in [1.165, 1.54) is 0 Å². The van der Waals surface area contributed by atoms with Crippen LogP contribution in [0.25, 0.3) is 6.08 Å². The Balaban J connectivity index is 2.71. The SMILES string of the molecule is CC1=Cc2c(O)c(C)c(CCO)c(C)c2[C@H]1O. The third-order valence-corrected chi connectivity index (χ3v) is 3.65. The molecule has 1 atom stereocenters. The Morgan fingerprint density at radius 2 is 1.82 bits per heavy atom. The van der Waals surface area contributed by atoms with Crippen LogP contribution in [-0.4, -0.2) is 21.9 Å². The Kier molecular flexibility index (Phi) is 2.98. The fourth-order valence-electron chi connectivity index (χ4n) is 2.64. The normalized spacial score (nSPS) is 18.2. The summed E-state index contributed by atoms with van der Waals surface area (Å²) in [6.45, 7) is 5.68. The van der Waals surface area contributed by atoms with Gasteiger partial charge in [0.15, 0.2) is 0 Å². The standard InChI is InChI=1S/C14H18O3/c1-7-6-11-12(13(7)16)8(2)10(4-5-15)9(3)14(11)17/h6,13,15-17H,4-5H2,1-3H3/t13-/m0/s1. The van der Waals surface area contributed by atoms with E-state index < -0.39 is 6.10 Å². The molecule has 0 spiro atoms. The molecule has 2 rings (SSSR count). The average Bonchev–Trinajstić information content (AvgIpc) is 2.59. The van der Waals surface area contributed by atoms with Gasteiger partial charge in [0.1, 0.15) is 11.9 Å². The maximum absolute atomic E-state index is 10.1. The summed E-state index contributed by atoms with van der Waals surface area (Å²) in [5.74, 6) is 0.227. The minimum Gasteiger partial charge on any atom is -0.507 e. The summed E-state index contributed by atoms with van der Waals surface area (Å²) in [6.07, 6.45) is 1.71. The molecule has 0 radical (unpaired) electrons. The molecule has 0 unspecified atom stereocenters. The van der Waals surface area contributed by atoms with Crippen LogP contribution < -0.4 is 0 Å². The van der Waals surface area contributed by atoms with Crippen molar-refractivity contribution in [2.75, 3.05) is 6.61 Å². The highest BCUT2D eigenvalue weighted by Gasteiger charge is 2.27. The van der Waals surface area contributed by atoms with Gasteiger partial charge in [-0.2, -0.15) is 0 Å². The molecule has 17 heavy (non-hydrogen) atoms. The van der Waals surface area contributed by atoms with Gasteiger partial charge in [0.25, 0.3) is 0 Å². The van der Waals surface area contributed by atoms with Crippen LogP contribution in [0, 0.1) is 13.8 Å². The van der Waals surface area contributed by atoms with E-state index in [9.17, 15) is 10.2 Å². The zero-order valence-electron chi connectivity index (χ0n) is 10.4. The monoisotopic (exact) mass is 234 g/mol. The minimum atomic E-state index is -0.631. The fourth-order valence-corrected chi connectivity index (χ4v) is 2.64. The number of fused-ring (bicyclic) bond motifs is 1. The number of phenols is 1. The van der Waals surface area contributed by atoms with Crippen molar-refractivity contribution in [2.45, 2.75) is 33.3 Å². The molecule has 3 N–H and O–H groups in total. The number of phenolic OH excluding ortho intramolecular Hbond substituents is 1. The summed E-state index contributed by atoms with van der Waals surface area (Å²) in [4.78, 5) is 0. The largest absolute Gasteiger partial charge is 0.507 e. The van der Waals surface area contributed by atoms with E-state index in [2.05, 4.69) is 0 Å². The lowest BCUT2D eigenvalue weighted by atomic mass is 9.90. The molecule has 1 aromatic carbocycles. The molecule has 1 aliphatic rings. The van der Waals surface area contributed by atoms with Crippen molar-refractivity contribution in [3.63, 3.8) is 0 Å². The van der Waals surface area contributed by atoms with Gasteiger partial charge in [-0.25, -0.2) is 0 Å².